The highest BCUT2D eigenvalue weighted by Gasteiger charge is 2.31. The molecule has 1 aromatic carbocycles. The van der Waals surface area contributed by atoms with Crippen LogP contribution in [0, 0.1) is 17.1 Å². The van der Waals surface area contributed by atoms with Crippen LogP contribution in [0.2, 0.25) is 0 Å². The Labute approximate surface area is 108 Å². The van der Waals surface area contributed by atoms with Gasteiger partial charge in [0.15, 0.2) is 0 Å². The molecule has 1 fully saturated rings. The maximum absolute atomic E-state index is 12.8. The van der Waals surface area contributed by atoms with Crippen LogP contribution in [-0.4, -0.2) is 12.1 Å². The Balaban J connectivity index is 1.80. The molecule has 0 saturated heterocycles. The van der Waals surface area contributed by atoms with Gasteiger partial charge in [-0.2, -0.15) is 5.26 Å². The van der Waals surface area contributed by atoms with E-state index in [2.05, 4.69) is 18.3 Å². The Morgan fingerprint density at radius 3 is 2.61 bits per heavy atom. The van der Waals surface area contributed by atoms with Gasteiger partial charge >= 0.3 is 0 Å². The second kappa shape index (κ2) is 5.97. The van der Waals surface area contributed by atoms with Gasteiger partial charge in [0, 0.05) is 12.1 Å². The molecule has 96 valence electrons. The summed E-state index contributed by atoms with van der Waals surface area (Å²) < 4.78 is 12.8. The molecule has 2 rings (SSSR count). The van der Waals surface area contributed by atoms with Gasteiger partial charge in [-0.25, -0.2) is 4.39 Å². The number of nitriles is 1. The molecule has 0 bridgehead atoms. The van der Waals surface area contributed by atoms with Gasteiger partial charge in [-0.15, -0.1) is 0 Å². The molecule has 1 aliphatic carbocycles. The fourth-order valence-corrected chi connectivity index (χ4v) is 2.53. The molecule has 0 aliphatic heterocycles. The first kappa shape index (κ1) is 13.0. The van der Waals surface area contributed by atoms with E-state index in [0.29, 0.717) is 24.4 Å². The molecular formula is C15H19FN2. The highest BCUT2D eigenvalue weighted by atomic mass is 19.1. The summed E-state index contributed by atoms with van der Waals surface area (Å²) in [6, 6.07) is 9.86. The molecule has 0 aromatic heterocycles. The van der Waals surface area contributed by atoms with Crippen molar-refractivity contribution in [3.8, 4) is 6.07 Å². The number of hydrogen-bond donors (Lipinski definition) is 1. The van der Waals surface area contributed by atoms with E-state index in [9.17, 15) is 4.39 Å². The number of halogens is 1. The zero-order valence-electron chi connectivity index (χ0n) is 10.7. The Morgan fingerprint density at radius 1 is 1.39 bits per heavy atom. The molecule has 3 heteroatoms. The topological polar surface area (TPSA) is 35.8 Å². The first-order valence-electron chi connectivity index (χ1n) is 6.61. The lowest BCUT2D eigenvalue weighted by molar-refractivity contribution is 0.262. The fourth-order valence-electron chi connectivity index (χ4n) is 2.53. The van der Waals surface area contributed by atoms with Crippen LogP contribution >= 0.6 is 0 Å². The minimum Gasteiger partial charge on any atom is -0.310 e. The Kier molecular flexibility index (Phi) is 4.33. The van der Waals surface area contributed by atoms with E-state index in [-0.39, 0.29) is 5.82 Å². The second-order valence-corrected chi connectivity index (χ2v) is 5.05. The van der Waals surface area contributed by atoms with E-state index in [1.54, 1.807) is 0 Å². The summed E-state index contributed by atoms with van der Waals surface area (Å²) in [5.74, 6) is 0.371. The monoisotopic (exact) mass is 246 g/mol. The highest BCUT2D eigenvalue weighted by molar-refractivity contribution is 5.23. The van der Waals surface area contributed by atoms with Crippen LogP contribution < -0.4 is 5.32 Å². The third-order valence-electron chi connectivity index (χ3n) is 3.78. The van der Waals surface area contributed by atoms with E-state index >= 15 is 0 Å². The summed E-state index contributed by atoms with van der Waals surface area (Å²) in [6.45, 7) is 2.10. The number of nitrogens with one attached hydrogen (secondary N) is 1. The molecule has 18 heavy (non-hydrogen) atoms. The summed E-state index contributed by atoms with van der Waals surface area (Å²) in [6.07, 6.45) is 3.75. The average molecular weight is 246 g/mol. The maximum atomic E-state index is 12.8. The molecule has 1 N–H and O–H groups in total. The van der Waals surface area contributed by atoms with Gasteiger partial charge in [-0.05, 0) is 42.9 Å². The molecule has 1 atom stereocenters. The van der Waals surface area contributed by atoms with E-state index in [0.717, 1.165) is 19.3 Å². The predicted molar refractivity (Wildman–Crippen MR) is 69.6 cm³/mol. The predicted octanol–water partition coefficient (Wildman–Crippen LogP) is 3.35. The minimum absolute atomic E-state index is 0.173. The van der Waals surface area contributed by atoms with Crippen LogP contribution in [0.3, 0.4) is 0 Å². The van der Waals surface area contributed by atoms with Crippen molar-refractivity contribution in [2.45, 2.75) is 50.6 Å². The third-order valence-corrected chi connectivity index (χ3v) is 3.78. The molecule has 1 saturated carbocycles. The molecule has 0 spiro atoms. The van der Waals surface area contributed by atoms with Crippen molar-refractivity contribution in [2.24, 2.45) is 0 Å². The number of hydrogen-bond acceptors (Lipinski definition) is 2. The SMILES string of the molecule is CCC(CC#N)NC1CC(c2ccc(F)cc2)C1. The van der Waals surface area contributed by atoms with Crippen molar-refractivity contribution in [3.63, 3.8) is 0 Å². The first-order chi connectivity index (χ1) is 8.72. The Bertz CT molecular complexity index is 415. The van der Waals surface area contributed by atoms with Crippen molar-refractivity contribution in [3.05, 3.63) is 35.6 Å². The lowest BCUT2D eigenvalue weighted by atomic mass is 9.75. The molecule has 2 nitrogen and oxygen atoms in total. The van der Waals surface area contributed by atoms with Gasteiger partial charge in [0.25, 0.3) is 0 Å². The zero-order chi connectivity index (χ0) is 13.0. The van der Waals surface area contributed by atoms with Gasteiger partial charge in [0.05, 0.1) is 12.5 Å². The Morgan fingerprint density at radius 2 is 2.06 bits per heavy atom. The lowest BCUT2D eigenvalue weighted by Crippen LogP contribution is -2.45. The third kappa shape index (κ3) is 3.08. The molecule has 1 aromatic rings. The van der Waals surface area contributed by atoms with E-state index < -0.39 is 0 Å². The van der Waals surface area contributed by atoms with Crippen molar-refractivity contribution in [2.75, 3.05) is 0 Å². The molecule has 0 radical (unpaired) electrons. The van der Waals surface area contributed by atoms with Crippen LogP contribution in [-0.2, 0) is 0 Å². The Hall–Kier alpha value is -1.40. The van der Waals surface area contributed by atoms with Gasteiger partial charge in [0.2, 0.25) is 0 Å². The summed E-state index contributed by atoms with van der Waals surface area (Å²) in [7, 11) is 0. The average Bonchev–Trinajstić information content (AvgIpc) is 2.33. The fraction of sp³-hybridized carbons (Fsp3) is 0.533. The van der Waals surface area contributed by atoms with Gasteiger partial charge in [0.1, 0.15) is 5.82 Å². The van der Waals surface area contributed by atoms with Crippen LogP contribution in [0.5, 0.6) is 0 Å². The van der Waals surface area contributed by atoms with E-state index in [1.165, 1.54) is 17.7 Å². The summed E-state index contributed by atoms with van der Waals surface area (Å²) in [5.41, 5.74) is 1.22. The molecule has 1 unspecified atom stereocenters. The standard InChI is InChI=1S/C15H19FN2/c1-2-14(7-8-17)18-15-9-12(10-15)11-3-5-13(16)6-4-11/h3-6,12,14-15,18H,2,7,9-10H2,1H3. The largest absolute Gasteiger partial charge is 0.310 e. The smallest absolute Gasteiger partial charge is 0.123 e. The van der Waals surface area contributed by atoms with Crippen molar-refractivity contribution in [1.82, 2.24) is 5.32 Å². The normalized spacial score (nSPS) is 24.1. The van der Waals surface area contributed by atoms with Gasteiger partial charge < -0.3 is 5.32 Å². The van der Waals surface area contributed by atoms with E-state index in [1.807, 2.05) is 12.1 Å². The lowest BCUT2D eigenvalue weighted by Gasteiger charge is -2.38. The molecule has 0 amide bonds. The molecular weight excluding hydrogens is 227 g/mol. The molecule has 0 heterocycles. The van der Waals surface area contributed by atoms with Crippen molar-refractivity contribution >= 4 is 0 Å². The van der Waals surface area contributed by atoms with Crippen LogP contribution in [0.4, 0.5) is 4.39 Å². The summed E-state index contributed by atoms with van der Waals surface area (Å²) in [5, 5.41) is 12.2. The summed E-state index contributed by atoms with van der Waals surface area (Å²) in [4.78, 5) is 0. The maximum Gasteiger partial charge on any atom is 0.123 e. The minimum atomic E-state index is -0.173. The molecule has 1 aliphatic rings. The highest BCUT2D eigenvalue weighted by Crippen LogP contribution is 2.37. The van der Waals surface area contributed by atoms with Crippen LogP contribution in [0.25, 0.3) is 0 Å². The second-order valence-electron chi connectivity index (χ2n) is 5.05. The van der Waals surface area contributed by atoms with Gasteiger partial charge in [-0.3, -0.25) is 0 Å². The van der Waals surface area contributed by atoms with E-state index in [4.69, 9.17) is 5.26 Å². The van der Waals surface area contributed by atoms with Crippen LogP contribution in [0.15, 0.2) is 24.3 Å². The number of nitrogens with zero attached hydrogens (tertiary/aromatic N) is 1. The van der Waals surface area contributed by atoms with Crippen molar-refractivity contribution in [1.29, 1.82) is 5.26 Å². The summed E-state index contributed by atoms with van der Waals surface area (Å²) >= 11 is 0. The zero-order valence-corrected chi connectivity index (χ0v) is 10.7. The first-order valence-corrected chi connectivity index (χ1v) is 6.61. The van der Waals surface area contributed by atoms with Gasteiger partial charge in [-0.1, -0.05) is 19.1 Å². The number of rotatable bonds is 5. The number of benzene rings is 1. The van der Waals surface area contributed by atoms with Crippen molar-refractivity contribution < 1.29 is 4.39 Å². The van der Waals surface area contributed by atoms with Crippen LogP contribution in [0.1, 0.15) is 44.1 Å². The quantitative estimate of drug-likeness (QED) is 0.864.